The molecule has 0 radical (unpaired) electrons. The Hall–Kier alpha value is -7.37. The lowest BCUT2D eigenvalue weighted by molar-refractivity contribution is 0.620. The molecule has 0 amide bonds. The standard InChI is InChI=1S/C49H30N2O3/c1-3-13-31(14-4-1)34-17-11-18-36(29-34)51(35-27-25-32(26-28-35)37-21-12-22-40-38-19-7-9-23-42(38)52-47(37)40)46-45-44(54-49(50-45)33-15-5-2-6-16-33)30-41-39-20-8-10-24-43(39)53-48(41)46/h1-30H. The van der Waals surface area contributed by atoms with Gasteiger partial charge in [-0.15, -0.1) is 0 Å². The first-order valence-corrected chi connectivity index (χ1v) is 18.0. The van der Waals surface area contributed by atoms with Crippen molar-refractivity contribution in [3.8, 4) is 33.7 Å². The average molecular weight is 695 g/mol. The number of hydrogen-bond donors (Lipinski definition) is 0. The minimum Gasteiger partial charge on any atom is -0.455 e. The second-order valence-electron chi connectivity index (χ2n) is 13.5. The van der Waals surface area contributed by atoms with Crippen LogP contribution in [0.3, 0.4) is 0 Å². The van der Waals surface area contributed by atoms with E-state index in [1.54, 1.807) is 0 Å². The molecule has 0 aliphatic heterocycles. The fourth-order valence-electron chi connectivity index (χ4n) is 7.76. The van der Waals surface area contributed by atoms with E-state index < -0.39 is 0 Å². The van der Waals surface area contributed by atoms with E-state index in [1.807, 2.05) is 66.7 Å². The molecule has 11 aromatic rings. The highest BCUT2D eigenvalue weighted by Gasteiger charge is 2.27. The molecule has 8 aromatic carbocycles. The quantitative estimate of drug-likeness (QED) is 0.173. The molecular weight excluding hydrogens is 665 g/mol. The Morgan fingerprint density at radius 3 is 1.74 bits per heavy atom. The lowest BCUT2D eigenvalue weighted by atomic mass is 10.0. The van der Waals surface area contributed by atoms with E-state index in [0.717, 1.165) is 88.8 Å². The molecular formula is C49H30N2O3. The topological polar surface area (TPSA) is 55.6 Å². The van der Waals surface area contributed by atoms with Crippen LogP contribution in [-0.4, -0.2) is 4.98 Å². The average Bonchev–Trinajstić information content (AvgIpc) is 3.95. The summed E-state index contributed by atoms with van der Waals surface area (Å²) in [5.74, 6) is 0.552. The number of anilines is 3. The van der Waals surface area contributed by atoms with Crippen LogP contribution in [0.5, 0.6) is 0 Å². The normalized spacial score (nSPS) is 11.7. The van der Waals surface area contributed by atoms with Gasteiger partial charge in [0.25, 0.3) is 0 Å². The predicted molar refractivity (Wildman–Crippen MR) is 220 cm³/mol. The zero-order valence-electron chi connectivity index (χ0n) is 28.9. The summed E-state index contributed by atoms with van der Waals surface area (Å²) >= 11 is 0. The summed E-state index contributed by atoms with van der Waals surface area (Å²) in [6.07, 6.45) is 0. The highest BCUT2D eigenvalue weighted by Crippen LogP contribution is 2.48. The molecule has 0 bridgehead atoms. The van der Waals surface area contributed by atoms with Crippen molar-refractivity contribution in [2.75, 3.05) is 4.90 Å². The van der Waals surface area contributed by atoms with Crippen LogP contribution in [0.4, 0.5) is 17.1 Å². The predicted octanol–water partition coefficient (Wildman–Crippen LogP) is 14.1. The molecule has 5 nitrogen and oxygen atoms in total. The molecule has 3 heterocycles. The third-order valence-electron chi connectivity index (χ3n) is 10.3. The van der Waals surface area contributed by atoms with Gasteiger partial charge in [0, 0.05) is 44.0 Å². The molecule has 0 saturated carbocycles. The van der Waals surface area contributed by atoms with Crippen LogP contribution in [0.25, 0.3) is 88.7 Å². The van der Waals surface area contributed by atoms with Crippen LogP contribution < -0.4 is 4.90 Å². The SMILES string of the molecule is c1ccc(-c2cccc(N(c3ccc(-c4cccc5c4oc4ccccc45)cc3)c3c4nc(-c5ccccc5)oc4cc4c3oc3ccccc34)c2)cc1. The Balaban J connectivity index is 1.17. The Kier molecular flexibility index (Phi) is 6.79. The highest BCUT2D eigenvalue weighted by molar-refractivity contribution is 6.18. The minimum atomic E-state index is 0.552. The van der Waals surface area contributed by atoms with Gasteiger partial charge in [-0.25, -0.2) is 4.98 Å². The smallest absolute Gasteiger partial charge is 0.227 e. The first kappa shape index (κ1) is 30.3. The third-order valence-corrected chi connectivity index (χ3v) is 10.3. The largest absolute Gasteiger partial charge is 0.455 e. The molecule has 254 valence electrons. The summed E-state index contributed by atoms with van der Waals surface area (Å²) in [5, 5.41) is 4.19. The number of furan rings is 2. The first-order chi connectivity index (χ1) is 26.8. The van der Waals surface area contributed by atoms with E-state index >= 15 is 0 Å². The molecule has 0 saturated heterocycles. The zero-order valence-corrected chi connectivity index (χ0v) is 28.9. The van der Waals surface area contributed by atoms with Gasteiger partial charge in [-0.1, -0.05) is 127 Å². The number of aromatic nitrogens is 1. The Bertz CT molecular complexity index is 3160. The Morgan fingerprint density at radius 1 is 0.370 bits per heavy atom. The van der Waals surface area contributed by atoms with Gasteiger partial charge in [-0.3, -0.25) is 0 Å². The van der Waals surface area contributed by atoms with Crippen molar-refractivity contribution in [3.05, 3.63) is 182 Å². The van der Waals surface area contributed by atoms with Crippen LogP contribution in [0.1, 0.15) is 0 Å². The number of para-hydroxylation sites is 3. The van der Waals surface area contributed by atoms with E-state index in [9.17, 15) is 0 Å². The number of nitrogens with zero attached hydrogens (tertiary/aromatic N) is 2. The maximum atomic E-state index is 6.78. The van der Waals surface area contributed by atoms with E-state index in [1.165, 1.54) is 0 Å². The van der Waals surface area contributed by atoms with Crippen molar-refractivity contribution >= 4 is 72.0 Å². The van der Waals surface area contributed by atoms with Gasteiger partial charge in [0.2, 0.25) is 5.89 Å². The summed E-state index contributed by atoms with van der Waals surface area (Å²) in [4.78, 5) is 7.45. The monoisotopic (exact) mass is 694 g/mol. The second kappa shape index (κ2) is 12.1. The van der Waals surface area contributed by atoms with Gasteiger partial charge in [-0.05, 0) is 71.3 Å². The fraction of sp³-hybridized carbons (Fsp3) is 0. The van der Waals surface area contributed by atoms with Crippen LogP contribution in [0, 0.1) is 0 Å². The molecule has 0 fully saturated rings. The minimum absolute atomic E-state index is 0.552. The number of rotatable bonds is 6. The van der Waals surface area contributed by atoms with E-state index in [-0.39, 0.29) is 0 Å². The lowest BCUT2D eigenvalue weighted by Crippen LogP contribution is -2.11. The van der Waals surface area contributed by atoms with E-state index in [4.69, 9.17) is 18.2 Å². The van der Waals surface area contributed by atoms with Gasteiger partial charge < -0.3 is 18.2 Å². The zero-order chi connectivity index (χ0) is 35.6. The summed E-state index contributed by atoms with van der Waals surface area (Å²) in [6.45, 7) is 0. The molecule has 0 aliphatic carbocycles. The van der Waals surface area contributed by atoms with Gasteiger partial charge in [0.1, 0.15) is 28.0 Å². The van der Waals surface area contributed by atoms with Gasteiger partial charge in [0.15, 0.2) is 11.2 Å². The van der Waals surface area contributed by atoms with Gasteiger partial charge >= 0.3 is 0 Å². The molecule has 0 aliphatic rings. The molecule has 0 unspecified atom stereocenters. The maximum absolute atomic E-state index is 6.78. The van der Waals surface area contributed by atoms with Crippen molar-refractivity contribution < 1.29 is 13.3 Å². The first-order valence-electron chi connectivity index (χ1n) is 18.0. The lowest BCUT2D eigenvalue weighted by Gasteiger charge is -2.26. The summed E-state index contributed by atoms with van der Waals surface area (Å²) in [7, 11) is 0. The highest BCUT2D eigenvalue weighted by atomic mass is 16.4. The van der Waals surface area contributed by atoms with E-state index in [0.29, 0.717) is 17.0 Å². The van der Waals surface area contributed by atoms with Crippen LogP contribution in [0.2, 0.25) is 0 Å². The number of fused-ring (bicyclic) bond motifs is 7. The fourth-order valence-corrected chi connectivity index (χ4v) is 7.76. The molecule has 54 heavy (non-hydrogen) atoms. The van der Waals surface area contributed by atoms with Gasteiger partial charge in [-0.2, -0.15) is 0 Å². The van der Waals surface area contributed by atoms with Gasteiger partial charge in [0.05, 0.1) is 0 Å². The maximum Gasteiger partial charge on any atom is 0.227 e. The number of oxazole rings is 1. The third kappa shape index (κ3) is 4.83. The summed E-state index contributed by atoms with van der Waals surface area (Å²) < 4.78 is 19.8. The molecule has 11 rings (SSSR count). The summed E-state index contributed by atoms with van der Waals surface area (Å²) in [5.41, 5.74) is 12.6. The molecule has 0 spiro atoms. The Morgan fingerprint density at radius 2 is 0.981 bits per heavy atom. The Labute approximate surface area is 309 Å². The number of benzene rings is 8. The van der Waals surface area contributed by atoms with Crippen LogP contribution in [0.15, 0.2) is 195 Å². The van der Waals surface area contributed by atoms with Crippen molar-refractivity contribution in [3.63, 3.8) is 0 Å². The molecule has 0 N–H and O–H groups in total. The molecule has 3 aromatic heterocycles. The van der Waals surface area contributed by atoms with E-state index in [2.05, 4.69) is 120 Å². The van der Waals surface area contributed by atoms with Crippen molar-refractivity contribution in [1.29, 1.82) is 0 Å². The van der Waals surface area contributed by atoms with Crippen molar-refractivity contribution in [2.24, 2.45) is 0 Å². The molecule has 0 atom stereocenters. The molecule has 5 heteroatoms. The van der Waals surface area contributed by atoms with Crippen molar-refractivity contribution in [1.82, 2.24) is 4.98 Å². The number of hydrogen-bond acceptors (Lipinski definition) is 5. The second-order valence-corrected chi connectivity index (χ2v) is 13.5. The summed E-state index contributed by atoms with van der Waals surface area (Å²) in [6, 6.07) is 62.5. The van der Waals surface area contributed by atoms with Crippen LogP contribution in [-0.2, 0) is 0 Å². The van der Waals surface area contributed by atoms with Crippen LogP contribution >= 0.6 is 0 Å². The van der Waals surface area contributed by atoms with Crippen molar-refractivity contribution in [2.45, 2.75) is 0 Å².